The number of aliphatic hydroxyl groups excluding tert-OH is 1. The van der Waals surface area contributed by atoms with Crippen LogP contribution in [0.15, 0.2) is 0 Å². The van der Waals surface area contributed by atoms with Crippen molar-refractivity contribution in [3.05, 3.63) is 0 Å². The first-order valence-electron chi connectivity index (χ1n) is 6.01. The second-order valence-corrected chi connectivity index (χ2v) is 4.25. The Bertz CT molecular complexity index is 277. The molecule has 0 heterocycles. The number of nitrogens with zero attached hydrogens (tertiary/aromatic N) is 1. The molecule has 1 atom stereocenters. The maximum atomic E-state index is 11.9. The molecular formula is C11H20N2O4. The Labute approximate surface area is 101 Å². The van der Waals surface area contributed by atoms with Crippen molar-refractivity contribution in [2.24, 2.45) is 0 Å². The van der Waals surface area contributed by atoms with Crippen LogP contribution in [-0.2, 0) is 4.79 Å². The Morgan fingerprint density at radius 3 is 2.41 bits per heavy atom. The molecule has 1 saturated carbocycles. The molecule has 1 fully saturated rings. The van der Waals surface area contributed by atoms with Crippen LogP contribution in [-0.4, -0.2) is 52.3 Å². The Morgan fingerprint density at radius 1 is 1.41 bits per heavy atom. The molecule has 0 aliphatic heterocycles. The van der Waals surface area contributed by atoms with Crippen LogP contribution in [0.4, 0.5) is 4.79 Å². The van der Waals surface area contributed by atoms with Gasteiger partial charge in [-0.3, -0.25) is 0 Å². The zero-order valence-corrected chi connectivity index (χ0v) is 10.1. The van der Waals surface area contributed by atoms with Crippen molar-refractivity contribution in [2.45, 2.75) is 44.7 Å². The molecule has 6 nitrogen and oxygen atoms in total. The van der Waals surface area contributed by atoms with Crippen molar-refractivity contribution < 1.29 is 19.8 Å². The third-order valence-electron chi connectivity index (χ3n) is 3.15. The third-order valence-corrected chi connectivity index (χ3v) is 3.15. The quantitative estimate of drug-likeness (QED) is 0.653. The van der Waals surface area contributed by atoms with Gasteiger partial charge in [0.25, 0.3) is 0 Å². The smallest absolute Gasteiger partial charge is 0.328 e. The van der Waals surface area contributed by atoms with Crippen LogP contribution < -0.4 is 5.32 Å². The van der Waals surface area contributed by atoms with Crippen molar-refractivity contribution in [1.82, 2.24) is 10.2 Å². The Kier molecular flexibility index (Phi) is 5.21. The number of hydrogen-bond acceptors (Lipinski definition) is 3. The SMILES string of the molecule is CCN(C(=O)N[C@H](CO)C(=O)O)C1CCCC1. The van der Waals surface area contributed by atoms with Gasteiger partial charge in [-0.05, 0) is 19.8 Å². The van der Waals surface area contributed by atoms with Crippen LogP contribution in [0, 0.1) is 0 Å². The number of carboxylic acids is 1. The van der Waals surface area contributed by atoms with Crippen LogP contribution in [0.2, 0.25) is 0 Å². The number of carboxylic acid groups (broad SMARTS) is 1. The monoisotopic (exact) mass is 244 g/mol. The van der Waals surface area contributed by atoms with E-state index in [4.69, 9.17) is 10.2 Å². The zero-order chi connectivity index (χ0) is 12.8. The van der Waals surface area contributed by atoms with E-state index in [0.717, 1.165) is 25.7 Å². The van der Waals surface area contributed by atoms with Gasteiger partial charge in [0.1, 0.15) is 0 Å². The van der Waals surface area contributed by atoms with Crippen molar-refractivity contribution in [3.63, 3.8) is 0 Å². The van der Waals surface area contributed by atoms with E-state index in [0.29, 0.717) is 6.54 Å². The van der Waals surface area contributed by atoms with Crippen LogP contribution in [0.5, 0.6) is 0 Å². The van der Waals surface area contributed by atoms with Crippen molar-refractivity contribution >= 4 is 12.0 Å². The highest BCUT2D eigenvalue weighted by molar-refractivity contribution is 5.82. The molecule has 3 N–H and O–H groups in total. The topological polar surface area (TPSA) is 89.9 Å². The lowest BCUT2D eigenvalue weighted by molar-refractivity contribution is -0.140. The summed E-state index contributed by atoms with van der Waals surface area (Å²) in [5, 5.41) is 19.9. The zero-order valence-electron chi connectivity index (χ0n) is 10.1. The predicted octanol–water partition coefficient (Wildman–Crippen LogP) is 0.406. The minimum atomic E-state index is -1.22. The molecule has 0 radical (unpaired) electrons. The molecule has 1 rings (SSSR count). The minimum absolute atomic E-state index is 0.202. The van der Waals surface area contributed by atoms with E-state index in [2.05, 4.69) is 5.32 Å². The van der Waals surface area contributed by atoms with Crippen LogP contribution >= 0.6 is 0 Å². The number of amides is 2. The van der Waals surface area contributed by atoms with Gasteiger partial charge >= 0.3 is 12.0 Å². The predicted molar refractivity (Wildman–Crippen MR) is 61.7 cm³/mol. The highest BCUT2D eigenvalue weighted by atomic mass is 16.4. The highest BCUT2D eigenvalue weighted by Gasteiger charge is 2.28. The first-order chi connectivity index (χ1) is 8.10. The maximum Gasteiger partial charge on any atom is 0.328 e. The van der Waals surface area contributed by atoms with Crippen molar-refractivity contribution in [2.75, 3.05) is 13.2 Å². The minimum Gasteiger partial charge on any atom is -0.480 e. The lowest BCUT2D eigenvalue weighted by atomic mass is 10.2. The van der Waals surface area contributed by atoms with Crippen LogP contribution in [0.3, 0.4) is 0 Å². The largest absolute Gasteiger partial charge is 0.480 e. The number of nitrogens with one attached hydrogen (secondary N) is 1. The lowest BCUT2D eigenvalue weighted by Gasteiger charge is -2.28. The molecule has 1 aliphatic carbocycles. The summed E-state index contributed by atoms with van der Waals surface area (Å²) in [7, 11) is 0. The van der Waals surface area contributed by atoms with Gasteiger partial charge in [0, 0.05) is 12.6 Å². The molecule has 1 aliphatic rings. The number of carbonyl (C=O) groups is 2. The highest BCUT2D eigenvalue weighted by Crippen LogP contribution is 2.23. The van der Waals surface area contributed by atoms with Gasteiger partial charge in [-0.15, -0.1) is 0 Å². The second kappa shape index (κ2) is 6.44. The summed E-state index contributed by atoms with van der Waals surface area (Å²) in [6.07, 6.45) is 4.16. The standard InChI is InChI=1S/C11H20N2O4/c1-2-13(8-5-3-4-6-8)11(17)12-9(7-14)10(15)16/h8-9,14H,2-7H2,1H3,(H,12,17)(H,15,16)/t9-/m1/s1. The molecule has 0 unspecified atom stereocenters. The molecule has 0 aromatic rings. The maximum absolute atomic E-state index is 11.9. The molecule has 6 heteroatoms. The summed E-state index contributed by atoms with van der Waals surface area (Å²) >= 11 is 0. The summed E-state index contributed by atoms with van der Waals surface area (Å²) in [6, 6.07) is -1.42. The molecule has 0 spiro atoms. The van der Waals surface area contributed by atoms with Gasteiger partial charge < -0.3 is 20.4 Å². The van der Waals surface area contributed by atoms with E-state index in [1.54, 1.807) is 4.90 Å². The summed E-state index contributed by atoms with van der Waals surface area (Å²) in [6.45, 7) is 1.82. The van der Waals surface area contributed by atoms with Crippen molar-refractivity contribution in [1.29, 1.82) is 0 Å². The Hall–Kier alpha value is -1.30. The fourth-order valence-corrected chi connectivity index (χ4v) is 2.20. The summed E-state index contributed by atoms with van der Waals surface area (Å²) in [5.74, 6) is -1.22. The van der Waals surface area contributed by atoms with E-state index in [9.17, 15) is 9.59 Å². The number of aliphatic hydroxyl groups is 1. The molecule has 98 valence electrons. The molecule has 17 heavy (non-hydrogen) atoms. The lowest BCUT2D eigenvalue weighted by Crippen LogP contribution is -2.52. The fourth-order valence-electron chi connectivity index (χ4n) is 2.20. The number of rotatable bonds is 5. The molecule has 2 amide bonds. The average Bonchev–Trinajstić information content (AvgIpc) is 2.80. The van der Waals surface area contributed by atoms with E-state index >= 15 is 0 Å². The molecular weight excluding hydrogens is 224 g/mol. The molecule has 0 bridgehead atoms. The van der Waals surface area contributed by atoms with Gasteiger partial charge in [-0.25, -0.2) is 9.59 Å². The molecule has 0 aromatic heterocycles. The third kappa shape index (κ3) is 3.59. The van der Waals surface area contributed by atoms with Gasteiger partial charge in [0.2, 0.25) is 0 Å². The van der Waals surface area contributed by atoms with Crippen molar-refractivity contribution in [3.8, 4) is 0 Å². The van der Waals surface area contributed by atoms with Gasteiger partial charge in [0.05, 0.1) is 6.61 Å². The first kappa shape index (κ1) is 13.8. The van der Waals surface area contributed by atoms with E-state index < -0.39 is 24.6 Å². The average molecular weight is 244 g/mol. The fraction of sp³-hybridized carbons (Fsp3) is 0.818. The van der Waals surface area contributed by atoms with Gasteiger partial charge in [0.15, 0.2) is 6.04 Å². The van der Waals surface area contributed by atoms with Crippen LogP contribution in [0.25, 0.3) is 0 Å². The summed E-state index contributed by atoms with van der Waals surface area (Å²) in [4.78, 5) is 24.2. The van der Waals surface area contributed by atoms with Gasteiger partial charge in [-0.2, -0.15) is 0 Å². The van der Waals surface area contributed by atoms with E-state index in [-0.39, 0.29) is 6.04 Å². The molecule has 0 aromatic carbocycles. The van der Waals surface area contributed by atoms with Crippen LogP contribution in [0.1, 0.15) is 32.6 Å². The van der Waals surface area contributed by atoms with Gasteiger partial charge in [-0.1, -0.05) is 12.8 Å². The number of carbonyl (C=O) groups excluding carboxylic acids is 1. The number of hydrogen-bond donors (Lipinski definition) is 3. The summed E-state index contributed by atoms with van der Waals surface area (Å²) < 4.78 is 0. The van der Waals surface area contributed by atoms with E-state index in [1.807, 2.05) is 6.92 Å². The first-order valence-corrected chi connectivity index (χ1v) is 6.01. The van der Waals surface area contributed by atoms with E-state index in [1.165, 1.54) is 0 Å². The second-order valence-electron chi connectivity index (χ2n) is 4.25. The summed E-state index contributed by atoms with van der Waals surface area (Å²) in [5.41, 5.74) is 0. The molecule has 0 saturated heterocycles. The number of urea groups is 1. The normalized spacial score (nSPS) is 17.8. The Morgan fingerprint density at radius 2 is 2.00 bits per heavy atom. The Balaban J connectivity index is 2.56. The number of aliphatic carboxylic acids is 1.